The van der Waals surface area contributed by atoms with Crippen molar-refractivity contribution in [3.8, 4) is 0 Å². The summed E-state index contributed by atoms with van der Waals surface area (Å²) in [5.74, 6) is -1.000. The number of carbonyl (C=O) groups is 2. The van der Waals surface area contributed by atoms with Gasteiger partial charge in [0.05, 0.1) is 16.3 Å². The highest BCUT2D eigenvalue weighted by Gasteiger charge is 2.31. The van der Waals surface area contributed by atoms with Crippen LogP contribution in [-0.4, -0.2) is 32.5 Å². The Morgan fingerprint density at radius 1 is 1.11 bits per heavy atom. The number of hydrogen-bond donors (Lipinski definition) is 1. The van der Waals surface area contributed by atoms with Crippen molar-refractivity contribution < 1.29 is 18.0 Å². The predicted molar refractivity (Wildman–Crippen MR) is 105 cm³/mol. The molecule has 0 atom stereocenters. The van der Waals surface area contributed by atoms with Crippen LogP contribution in [-0.2, 0) is 19.4 Å². The fraction of sp³-hybridized carbons (Fsp3) is 0.300. The van der Waals surface area contributed by atoms with E-state index >= 15 is 0 Å². The maximum Gasteiger partial charge on any atom is 0.244 e. The lowest BCUT2D eigenvalue weighted by molar-refractivity contribution is -0.121. The molecule has 1 aliphatic heterocycles. The quantitative estimate of drug-likeness (QED) is 0.879. The van der Waals surface area contributed by atoms with E-state index in [1.54, 1.807) is 18.2 Å². The van der Waals surface area contributed by atoms with Crippen molar-refractivity contribution in [2.45, 2.75) is 32.1 Å². The number of nitrogens with zero attached hydrogens (tertiary/aromatic N) is 1. The van der Waals surface area contributed by atoms with Gasteiger partial charge in [-0.25, -0.2) is 8.42 Å². The lowest BCUT2D eigenvalue weighted by Gasteiger charge is -2.22. The summed E-state index contributed by atoms with van der Waals surface area (Å²) in [5, 5.41) is 2.86. The highest BCUT2D eigenvalue weighted by atomic mass is 32.2. The van der Waals surface area contributed by atoms with Crippen LogP contribution in [0, 0.1) is 20.8 Å². The van der Waals surface area contributed by atoms with Gasteiger partial charge in [0.1, 0.15) is 6.54 Å². The molecular formula is C20H22N2O4S. The fourth-order valence-electron chi connectivity index (χ4n) is 3.42. The van der Waals surface area contributed by atoms with Gasteiger partial charge in [0.25, 0.3) is 0 Å². The van der Waals surface area contributed by atoms with Crippen LogP contribution in [0.15, 0.2) is 41.3 Å². The second-order valence-corrected chi connectivity index (χ2v) is 8.92. The van der Waals surface area contributed by atoms with E-state index in [9.17, 15) is 18.0 Å². The SMILES string of the molecule is Cc1cc(C)c(NC(=O)CN2C(=O)CCS(=O)(=O)c3ccccc32)c(C)c1. The van der Waals surface area contributed by atoms with Gasteiger partial charge in [0.15, 0.2) is 9.84 Å². The van der Waals surface area contributed by atoms with Crippen LogP contribution in [0.4, 0.5) is 11.4 Å². The first-order chi connectivity index (χ1) is 12.7. The van der Waals surface area contributed by atoms with Gasteiger partial charge in [-0.15, -0.1) is 0 Å². The zero-order valence-electron chi connectivity index (χ0n) is 15.6. The summed E-state index contributed by atoms with van der Waals surface area (Å²) < 4.78 is 24.8. The predicted octanol–water partition coefficient (Wildman–Crippen LogP) is 2.76. The number of anilines is 2. The Balaban J connectivity index is 1.90. The third kappa shape index (κ3) is 3.88. The van der Waals surface area contributed by atoms with Gasteiger partial charge in [0.2, 0.25) is 11.8 Å². The summed E-state index contributed by atoms with van der Waals surface area (Å²) in [6.45, 7) is 5.57. The molecule has 2 aromatic carbocycles. The molecule has 0 saturated carbocycles. The highest BCUT2D eigenvalue weighted by molar-refractivity contribution is 7.91. The molecular weight excluding hydrogens is 364 g/mol. The Morgan fingerprint density at radius 2 is 1.74 bits per heavy atom. The lowest BCUT2D eigenvalue weighted by Crippen LogP contribution is -2.38. The number of hydrogen-bond acceptors (Lipinski definition) is 4. The van der Waals surface area contributed by atoms with E-state index in [0.717, 1.165) is 16.7 Å². The molecule has 0 aromatic heterocycles. The molecule has 3 rings (SSSR count). The van der Waals surface area contributed by atoms with Crippen molar-refractivity contribution >= 4 is 33.0 Å². The summed E-state index contributed by atoms with van der Waals surface area (Å²) in [5.41, 5.74) is 3.95. The fourth-order valence-corrected chi connectivity index (χ4v) is 4.86. The number of nitrogens with one attached hydrogen (secondary N) is 1. The number of rotatable bonds is 3. The first kappa shape index (κ1) is 19.1. The Morgan fingerprint density at radius 3 is 2.41 bits per heavy atom. The van der Waals surface area contributed by atoms with Crippen LogP contribution < -0.4 is 10.2 Å². The van der Waals surface area contributed by atoms with E-state index in [4.69, 9.17) is 0 Å². The largest absolute Gasteiger partial charge is 0.324 e. The van der Waals surface area contributed by atoms with Crippen molar-refractivity contribution in [2.75, 3.05) is 22.5 Å². The second-order valence-electron chi connectivity index (χ2n) is 6.84. The number of amides is 2. The summed E-state index contributed by atoms with van der Waals surface area (Å²) in [7, 11) is -3.55. The van der Waals surface area contributed by atoms with Crippen molar-refractivity contribution in [2.24, 2.45) is 0 Å². The van der Waals surface area contributed by atoms with Crippen molar-refractivity contribution in [3.05, 3.63) is 53.1 Å². The topological polar surface area (TPSA) is 83.6 Å². The Bertz CT molecular complexity index is 1010. The van der Waals surface area contributed by atoms with Gasteiger partial charge in [0, 0.05) is 12.1 Å². The Kier molecular flexibility index (Phi) is 5.06. The van der Waals surface area contributed by atoms with Gasteiger partial charge in [-0.2, -0.15) is 0 Å². The normalized spacial score (nSPS) is 15.8. The summed E-state index contributed by atoms with van der Waals surface area (Å²) in [6, 6.07) is 10.3. The van der Waals surface area contributed by atoms with Crippen LogP contribution in [0.5, 0.6) is 0 Å². The summed E-state index contributed by atoms with van der Waals surface area (Å²) >= 11 is 0. The number of fused-ring (bicyclic) bond motifs is 1. The first-order valence-corrected chi connectivity index (χ1v) is 10.3. The molecule has 0 spiro atoms. The molecule has 2 aromatic rings. The number of aryl methyl sites for hydroxylation is 3. The highest BCUT2D eigenvalue weighted by Crippen LogP contribution is 2.30. The van der Waals surface area contributed by atoms with Crippen LogP contribution in [0.3, 0.4) is 0 Å². The maximum absolute atomic E-state index is 12.6. The van der Waals surface area contributed by atoms with Gasteiger partial charge in [-0.3, -0.25) is 9.59 Å². The molecule has 0 radical (unpaired) electrons. The van der Waals surface area contributed by atoms with Gasteiger partial charge in [-0.1, -0.05) is 29.8 Å². The molecule has 0 unspecified atom stereocenters. The molecule has 27 heavy (non-hydrogen) atoms. The van der Waals surface area contributed by atoms with E-state index in [0.29, 0.717) is 5.69 Å². The van der Waals surface area contributed by atoms with Gasteiger partial charge in [-0.05, 0) is 44.0 Å². The number of benzene rings is 2. The summed E-state index contributed by atoms with van der Waals surface area (Å²) in [4.78, 5) is 26.5. The number of carbonyl (C=O) groups excluding carboxylic acids is 2. The van der Waals surface area contributed by atoms with E-state index < -0.39 is 9.84 Å². The minimum absolute atomic E-state index is 0.0892. The standard InChI is InChI=1S/C20H22N2O4S/c1-13-10-14(2)20(15(3)11-13)21-18(23)12-22-16-6-4-5-7-17(16)27(25,26)9-8-19(22)24/h4-7,10-11H,8-9,12H2,1-3H3,(H,21,23). The minimum Gasteiger partial charge on any atom is -0.324 e. The van der Waals surface area contributed by atoms with Crippen LogP contribution in [0.25, 0.3) is 0 Å². The molecule has 0 aliphatic carbocycles. The molecule has 1 heterocycles. The van der Waals surface area contributed by atoms with Crippen molar-refractivity contribution in [1.82, 2.24) is 0 Å². The minimum atomic E-state index is -3.55. The molecule has 0 bridgehead atoms. The number of sulfone groups is 1. The van der Waals surface area contributed by atoms with E-state index in [-0.39, 0.29) is 41.1 Å². The first-order valence-electron chi connectivity index (χ1n) is 8.69. The molecule has 7 heteroatoms. The summed E-state index contributed by atoms with van der Waals surface area (Å²) in [6.07, 6.45) is -0.146. The second kappa shape index (κ2) is 7.15. The van der Waals surface area contributed by atoms with Gasteiger partial charge >= 0.3 is 0 Å². The van der Waals surface area contributed by atoms with Crippen LogP contribution in [0.1, 0.15) is 23.1 Å². The molecule has 6 nitrogen and oxygen atoms in total. The van der Waals surface area contributed by atoms with E-state index in [1.807, 2.05) is 32.9 Å². The lowest BCUT2D eigenvalue weighted by atomic mass is 10.1. The van der Waals surface area contributed by atoms with Crippen LogP contribution >= 0.6 is 0 Å². The Hall–Kier alpha value is -2.67. The number of para-hydroxylation sites is 1. The molecule has 142 valence electrons. The average molecular weight is 386 g/mol. The van der Waals surface area contributed by atoms with Crippen molar-refractivity contribution in [3.63, 3.8) is 0 Å². The monoisotopic (exact) mass is 386 g/mol. The average Bonchev–Trinajstić information content (AvgIpc) is 2.69. The zero-order chi connectivity index (χ0) is 19.8. The molecule has 0 saturated heterocycles. The molecule has 2 amide bonds. The molecule has 1 aliphatic rings. The van der Waals surface area contributed by atoms with Crippen molar-refractivity contribution in [1.29, 1.82) is 0 Å². The maximum atomic E-state index is 12.6. The van der Waals surface area contributed by atoms with E-state index in [1.165, 1.54) is 11.0 Å². The third-order valence-electron chi connectivity index (χ3n) is 4.62. The molecule has 0 fully saturated rings. The van der Waals surface area contributed by atoms with E-state index in [2.05, 4.69) is 5.32 Å². The third-order valence-corrected chi connectivity index (χ3v) is 6.38. The molecule has 1 N–H and O–H groups in total. The van der Waals surface area contributed by atoms with Crippen LogP contribution in [0.2, 0.25) is 0 Å². The smallest absolute Gasteiger partial charge is 0.244 e. The Labute approximate surface area is 159 Å². The zero-order valence-corrected chi connectivity index (χ0v) is 16.4. The van der Waals surface area contributed by atoms with Gasteiger partial charge < -0.3 is 10.2 Å².